The minimum atomic E-state index is -1.23. The van der Waals surface area contributed by atoms with E-state index in [0.29, 0.717) is 51.4 Å². The molecule has 3 aliphatic rings. The SMILES string of the molecule is NC(=O)C1(C(=O)N([C@H](Cc2ccccc2)C2(O)CCC2)[C@H](Cc2ccccc2)C2(O)CCC2)CC1. The highest BCUT2D eigenvalue weighted by molar-refractivity contribution is 6.07. The predicted molar refractivity (Wildman–Crippen MR) is 133 cm³/mol. The molecular weight excluding hydrogens is 440 g/mol. The van der Waals surface area contributed by atoms with Gasteiger partial charge in [-0.2, -0.15) is 0 Å². The van der Waals surface area contributed by atoms with Crippen LogP contribution in [0.4, 0.5) is 0 Å². The summed E-state index contributed by atoms with van der Waals surface area (Å²) in [6.07, 6.45) is 5.90. The zero-order valence-electron chi connectivity index (χ0n) is 20.2. The lowest BCUT2D eigenvalue weighted by Crippen LogP contribution is -2.69. The molecule has 6 heteroatoms. The number of hydrogen-bond donors (Lipinski definition) is 3. The Hall–Kier alpha value is -2.70. The van der Waals surface area contributed by atoms with Gasteiger partial charge in [0.25, 0.3) is 0 Å². The third-order valence-corrected chi connectivity index (χ3v) is 8.76. The van der Waals surface area contributed by atoms with E-state index in [1.807, 2.05) is 60.7 Å². The second kappa shape index (κ2) is 9.07. The Morgan fingerprint density at radius 2 is 1.14 bits per heavy atom. The Kier molecular flexibility index (Phi) is 6.22. The van der Waals surface area contributed by atoms with E-state index in [4.69, 9.17) is 5.73 Å². The molecule has 3 saturated carbocycles. The van der Waals surface area contributed by atoms with Crippen LogP contribution in [0.25, 0.3) is 0 Å². The van der Waals surface area contributed by atoms with Gasteiger partial charge in [0.1, 0.15) is 5.41 Å². The molecule has 6 nitrogen and oxygen atoms in total. The lowest BCUT2D eigenvalue weighted by molar-refractivity contribution is -0.181. The monoisotopic (exact) mass is 476 g/mol. The maximum absolute atomic E-state index is 14.3. The molecule has 0 bridgehead atoms. The Morgan fingerprint density at radius 3 is 1.43 bits per heavy atom. The first-order valence-electron chi connectivity index (χ1n) is 12.9. The number of nitrogens with two attached hydrogens (primary N) is 1. The number of nitrogens with zero attached hydrogens (tertiary/aromatic N) is 1. The first-order chi connectivity index (χ1) is 16.8. The van der Waals surface area contributed by atoms with Crippen LogP contribution in [0.3, 0.4) is 0 Å². The summed E-state index contributed by atoms with van der Waals surface area (Å²) in [5.74, 6) is -0.932. The van der Waals surface area contributed by atoms with Gasteiger partial charge in [0, 0.05) is 0 Å². The van der Waals surface area contributed by atoms with Crippen LogP contribution in [0.15, 0.2) is 60.7 Å². The van der Waals surface area contributed by atoms with E-state index in [0.717, 1.165) is 24.0 Å². The second-order valence-electron chi connectivity index (χ2n) is 11.0. The molecule has 2 aromatic carbocycles. The second-order valence-corrected chi connectivity index (χ2v) is 11.0. The average Bonchev–Trinajstić information content (AvgIpc) is 3.63. The van der Waals surface area contributed by atoms with Crippen LogP contribution < -0.4 is 5.73 Å². The van der Waals surface area contributed by atoms with Crippen molar-refractivity contribution in [3.63, 3.8) is 0 Å². The highest BCUT2D eigenvalue weighted by atomic mass is 16.3. The van der Waals surface area contributed by atoms with E-state index in [1.54, 1.807) is 4.90 Å². The van der Waals surface area contributed by atoms with Crippen LogP contribution in [-0.2, 0) is 22.4 Å². The van der Waals surface area contributed by atoms with E-state index < -0.39 is 34.6 Å². The largest absolute Gasteiger partial charge is 0.388 e. The summed E-state index contributed by atoms with van der Waals surface area (Å²) < 4.78 is 0. The van der Waals surface area contributed by atoms with Crippen molar-refractivity contribution in [2.45, 2.75) is 87.5 Å². The minimum absolute atomic E-state index is 0.326. The number of rotatable bonds is 10. The molecule has 5 rings (SSSR count). The van der Waals surface area contributed by atoms with E-state index in [1.165, 1.54) is 0 Å². The summed E-state index contributed by atoms with van der Waals surface area (Å²) in [5, 5.41) is 23.5. The van der Waals surface area contributed by atoms with Crippen molar-refractivity contribution < 1.29 is 19.8 Å². The Labute approximate surface area is 207 Å². The van der Waals surface area contributed by atoms with Gasteiger partial charge in [-0.15, -0.1) is 0 Å². The minimum Gasteiger partial charge on any atom is -0.388 e. The van der Waals surface area contributed by atoms with E-state index in [-0.39, 0.29) is 5.91 Å². The van der Waals surface area contributed by atoms with Crippen LogP contribution in [-0.4, -0.2) is 50.2 Å². The molecule has 0 aliphatic heterocycles. The molecule has 2 amide bonds. The Balaban J connectivity index is 1.61. The van der Waals surface area contributed by atoms with Crippen LogP contribution in [0.5, 0.6) is 0 Å². The maximum Gasteiger partial charge on any atom is 0.238 e. The lowest BCUT2D eigenvalue weighted by Gasteiger charge is -2.56. The number of carbonyl (C=O) groups excluding carboxylic acids is 2. The smallest absolute Gasteiger partial charge is 0.238 e. The van der Waals surface area contributed by atoms with Crippen molar-refractivity contribution in [1.82, 2.24) is 4.90 Å². The highest BCUT2D eigenvalue weighted by Crippen LogP contribution is 2.51. The van der Waals surface area contributed by atoms with E-state index in [2.05, 4.69) is 0 Å². The predicted octanol–water partition coefficient (Wildman–Crippen LogP) is 3.13. The van der Waals surface area contributed by atoms with E-state index in [9.17, 15) is 19.8 Å². The molecule has 3 aliphatic carbocycles. The third-order valence-electron chi connectivity index (χ3n) is 8.76. The number of carbonyl (C=O) groups is 2. The molecule has 4 N–H and O–H groups in total. The number of hydrogen-bond acceptors (Lipinski definition) is 4. The zero-order chi connectivity index (χ0) is 24.7. The summed E-state index contributed by atoms with van der Waals surface area (Å²) in [6, 6.07) is 18.6. The van der Waals surface area contributed by atoms with Gasteiger partial charge in [0.2, 0.25) is 11.8 Å². The fourth-order valence-electron chi connectivity index (χ4n) is 5.95. The maximum atomic E-state index is 14.3. The zero-order valence-corrected chi connectivity index (χ0v) is 20.2. The van der Waals surface area contributed by atoms with Gasteiger partial charge in [0.15, 0.2) is 0 Å². The first kappa shape index (κ1) is 24.0. The van der Waals surface area contributed by atoms with Crippen LogP contribution in [0.1, 0.15) is 62.5 Å². The number of benzene rings is 2. The standard InChI is InChI=1S/C29H36N2O4/c30-25(32)27(17-18-27)26(33)31(23(28(34)13-7-14-28)19-21-9-3-1-4-10-21)24(29(35)15-8-16-29)20-22-11-5-2-6-12-22/h1-6,9-12,23-24,34-35H,7-8,13-20H2,(H2,30,32)/t23-,24-/m1/s1. The van der Waals surface area contributed by atoms with Crippen molar-refractivity contribution in [1.29, 1.82) is 0 Å². The summed E-state index contributed by atoms with van der Waals surface area (Å²) in [6.45, 7) is 0. The molecule has 186 valence electrons. The van der Waals surface area contributed by atoms with Gasteiger partial charge in [-0.25, -0.2) is 0 Å². The van der Waals surface area contributed by atoms with E-state index >= 15 is 0 Å². The number of amides is 2. The van der Waals surface area contributed by atoms with Gasteiger partial charge in [0.05, 0.1) is 23.3 Å². The van der Waals surface area contributed by atoms with Gasteiger partial charge in [-0.1, -0.05) is 60.7 Å². The number of aliphatic hydroxyl groups is 2. The third kappa shape index (κ3) is 4.38. The molecule has 35 heavy (non-hydrogen) atoms. The molecule has 2 aromatic rings. The summed E-state index contributed by atoms with van der Waals surface area (Å²) in [5.41, 5.74) is 4.45. The van der Waals surface area contributed by atoms with Gasteiger partial charge in [-0.3, -0.25) is 9.59 Å². The summed E-state index contributed by atoms with van der Waals surface area (Å²) in [4.78, 5) is 28.5. The average molecular weight is 477 g/mol. The van der Waals surface area contributed by atoms with Gasteiger partial charge < -0.3 is 20.8 Å². The van der Waals surface area contributed by atoms with Gasteiger partial charge >= 0.3 is 0 Å². The molecular formula is C29H36N2O4. The normalized spacial score (nSPS) is 22.7. The van der Waals surface area contributed by atoms with Crippen LogP contribution in [0.2, 0.25) is 0 Å². The molecule has 0 heterocycles. The summed E-state index contributed by atoms with van der Waals surface area (Å²) in [7, 11) is 0. The molecule has 0 aromatic heterocycles. The van der Waals surface area contributed by atoms with Crippen molar-refractivity contribution >= 4 is 11.8 Å². The molecule has 0 radical (unpaired) electrons. The molecule has 0 unspecified atom stereocenters. The highest BCUT2D eigenvalue weighted by Gasteiger charge is 2.62. The fraction of sp³-hybridized carbons (Fsp3) is 0.517. The van der Waals surface area contributed by atoms with Crippen molar-refractivity contribution in [2.75, 3.05) is 0 Å². The van der Waals surface area contributed by atoms with Crippen molar-refractivity contribution in [3.8, 4) is 0 Å². The van der Waals surface area contributed by atoms with Gasteiger partial charge in [-0.05, 0) is 75.3 Å². The van der Waals surface area contributed by atoms with Crippen molar-refractivity contribution in [3.05, 3.63) is 71.8 Å². The van der Waals surface area contributed by atoms with Crippen molar-refractivity contribution in [2.24, 2.45) is 11.1 Å². The molecule has 2 atom stereocenters. The topological polar surface area (TPSA) is 104 Å². The number of primary amides is 1. The van der Waals surface area contributed by atoms with Crippen LogP contribution in [0, 0.1) is 5.41 Å². The molecule has 0 saturated heterocycles. The van der Waals surface area contributed by atoms with Crippen LogP contribution >= 0.6 is 0 Å². The summed E-state index contributed by atoms with van der Waals surface area (Å²) >= 11 is 0. The fourth-order valence-corrected chi connectivity index (χ4v) is 5.95. The molecule has 3 fully saturated rings. The lowest BCUT2D eigenvalue weighted by atomic mass is 9.68. The first-order valence-corrected chi connectivity index (χ1v) is 12.9. The molecule has 0 spiro atoms. The Bertz CT molecular complexity index is 993. The quantitative estimate of drug-likeness (QED) is 0.458. The Morgan fingerprint density at radius 1 is 0.743 bits per heavy atom.